The second-order valence-corrected chi connectivity index (χ2v) is 17.3. The van der Waals surface area contributed by atoms with Crippen LogP contribution in [0, 0.1) is 23.7 Å². The second kappa shape index (κ2) is 18.9. The molecule has 320 valence electrons. The topological polar surface area (TPSA) is 200 Å². The first kappa shape index (κ1) is 47.6. The van der Waals surface area contributed by atoms with Crippen LogP contribution in [0.3, 0.4) is 0 Å². The van der Waals surface area contributed by atoms with Gasteiger partial charge in [0.15, 0.2) is 18.7 Å². The molecule has 3 fully saturated rings. The Morgan fingerprint density at radius 2 is 1.51 bits per heavy atom. The lowest BCUT2D eigenvalue weighted by atomic mass is 9.74. The number of ether oxygens (including phenoxy) is 7. The highest BCUT2D eigenvalue weighted by Crippen LogP contribution is 2.41. The van der Waals surface area contributed by atoms with Gasteiger partial charge in [-0.15, -0.1) is 0 Å². The number of rotatable bonds is 9. The highest BCUT2D eigenvalue weighted by Gasteiger charge is 2.54. The molecule has 18 atom stereocenters. The normalized spacial score (nSPS) is 46.9. The smallest absolute Gasteiger partial charge is 0.311 e. The number of hydrogen-bond acceptors (Lipinski definition) is 15. The van der Waals surface area contributed by atoms with E-state index < -0.39 is 114 Å². The summed E-state index contributed by atoms with van der Waals surface area (Å²) >= 11 is 0. The molecule has 15 nitrogen and oxygen atoms in total. The molecule has 0 spiro atoms. The summed E-state index contributed by atoms with van der Waals surface area (Å²) in [5, 5.41) is 46.6. The van der Waals surface area contributed by atoms with E-state index in [0.717, 1.165) is 0 Å². The Kier molecular flexibility index (Phi) is 16.3. The number of likely N-dealkylation sites (N-methyl/N-ethyl adjacent to an activating group) is 1. The van der Waals surface area contributed by atoms with Crippen molar-refractivity contribution >= 4 is 17.7 Å². The molecule has 0 amide bonds. The van der Waals surface area contributed by atoms with Crippen LogP contribution in [-0.2, 0) is 47.5 Å². The van der Waals surface area contributed by atoms with Crippen molar-refractivity contribution in [2.45, 2.75) is 193 Å². The van der Waals surface area contributed by atoms with Gasteiger partial charge < -0.3 is 58.5 Å². The minimum atomic E-state index is -2.01. The average Bonchev–Trinajstić information content (AvgIpc) is 3.11. The van der Waals surface area contributed by atoms with Crippen molar-refractivity contribution in [1.29, 1.82) is 0 Å². The molecule has 0 aliphatic carbocycles. The number of esters is 2. The van der Waals surface area contributed by atoms with Gasteiger partial charge in [0.2, 0.25) is 0 Å². The number of aliphatic hydroxyl groups excluding tert-OH is 2. The number of methoxy groups -OCH3 is 1. The van der Waals surface area contributed by atoms with E-state index in [1.165, 1.54) is 27.9 Å². The molecule has 15 heteroatoms. The fourth-order valence-corrected chi connectivity index (χ4v) is 8.76. The molecule has 0 saturated carbocycles. The van der Waals surface area contributed by atoms with Crippen LogP contribution in [0.1, 0.15) is 108 Å². The van der Waals surface area contributed by atoms with Crippen LogP contribution in [0.4, 0.5) is 0 Å². The monoisotopic (exact) mass is 789 g/mol. The Labute approximate surface area is 327 Å². The number of carbonyl (C=O) groups excluding carboxylic acids is 3. The van der Waals surface area contributed by atoms with Crippen molar-refractivity contribution < 1.29 is 68.0 Å². The van der Waals surface area contributed by atoms with Crippen LogP contribution >= 0.6 is 0 Å². The van der Waals surface area contributed by atoms with Crippen molar-refractivity contribution in [3.05, 3.63) is 0 Å². The van der Waals surface area contributed by atoms with Crippen molar-refractivity contribution in [2.24, 2.45) is 23.7 Å². The summed E-state index contributed by atoms with van der Waals surface area (Å²) in [5.74, 6) is -5.59. The Morgan fingerprint density at radius 3 is 2.05 bits per heavy atom. The standard InChI is InChI=1S/C40H71NO14/c1-15-27-40(11,48)33(44)22(5)30(43)20(3)18-38(9,47)35(55-37-32(53-28(42)16-2)26(41(12)13)17-21(4)50-37)23(6)31(24(7)36(46)52-27)54-29-19-39(10,49-14)34(45)25(8)51-29/h20-27,29,31-35,37,44-45,47-48H,15-19H2,1-14H3/t20-,21+,22+,23+,24-,25+,26-,27-,29-,31+,32+,33-,34-,35-,37+,38-,39+,40-/m1/s1. The first-order valence-electron chi connectivity index (χ1n) is 19.9. The minimum absolute atomic E-state index is 0.0760. The molecule has 0 aromatic rings. The van der Waals surface area contributed by atoms with Gasteiger partial charge in [-0.25, -0.2) is 0 Å². The van der Waals surface area contributed by atoms with E-state index >= 15 is 0 Å². The number of aliphatic hydroxyl groups is 4. The number of cyclic esters (lactones) is 1. The number of hydrogen-bond donors (Lipinski definition) is 4. The fraction of sp³-hybridized carbons (Fsp3) is 0.925. The van der Waals surface area contributed by atoms with Gasteiger partial charge in [-0.1, -0.05) is 34.6 Å². The van der Waals surface area contributed by atoms with Gasteiger partial charge in [0.05, 0.1) is 53.7 Å². The maximum absolute atomic E-state index is 14.2. The van der Waals surface area contributed by atoms with Gasteiger partial charge in [0.25, 0.3) is 0 Å². The zero-order valence-electron chi connectivity index (χ0n) is 35.5. The predicted molar refractivity (Wildman–Crippen MR) is 200 cm³/mol. The molecule has 55 heavy (non-hydrogen) atoms. The van der Waals surface area contributed by atoms with E-state index in [4.69, 9.17) is 33.2 Å². The fourth-order valence-electron chi connectivity index (χ4n) is 8.76. The summed E-state index contributed by atoms with van der Waals surface area (Å²) in [6, 6.07) is -0.319. The van der Waals surface area contributed by atoms with Crippen LogP contribution in [0.2, 0.25) is 0 Å². The lowest BCUT2D eigenvalue weighted by molar-refractivity contribution is -0.319. The second-order valence-electron chi connectivity index (χ2n) is 17.3. The molecule has 3 rings (SSSR count). The van der Waals surface area contributed by atoms with Crippen LogP contribution in [0.5, 0.6) is 0 Å². The Balaban J connectivity index is 2.24. The average molecular weight is 790 g/mol. The first-order chi connectivity index (χ1) is 25.4. The van der Waals surface area contributed by atoms with E-state index in [-0.39, 0.29) is 37.8 Å². The van der Waals surface area contributed by atoms with Gasteiger partial charge in [0, 0.05) is 37.7 Å². The van der Waals surface area contributed by atoms with E-state index in [2.05, 4.69) is 0 Å². The van der Waals surface area contributed by atoms with Crippen molar-refractivity contribution in [2.75, 3.05) is 21.2 Å². The molecule has 0 aromatic carbocycles. The van der Waals surface area contributed by atoms with Crippen molar-refractivity contribution in [3.8, 4) is 0 Å². The zero-order chi connectivity index (χ0) is 42.0. The van der Waals surface area contributed by atoms with Crippen LogP contribution in [0.15, 0.2) is 0 Å². The third-order valence-corrected chi connectivity index (χ3v) is 12.4. The lowest BCUT2D eigenvalue weighted by Gasteiger charge is -2.49. The Bertz CT molecular complexity index is 1290. The molecule has 3 heterocycles. The quantitative estimate of drug-likeness (QED) is 0.249. The van der Waals surface area contributed by atoms with Gasteiger partial charge in [0.1, 0.15) is 23.6 Å². The molecule has 0 radical (unpaired) electrons. The summed E-state index contributed by atoms with van der Waals surface area (Å²) < 4.78 is 43.6. The van der Waals surface area contributed by atoms with Crippen LogP contribution in [0.25, 0.3) is 0 Å². The SMILES string of the molecule is CCC(=O)O[C@@H]1[C@H](O[C@@H]2[C@@H](C)[C@H](O[C@@H]3C[C@](C)(OC)[C@H](O)[C@H](C)O3)[C@@H](C)C(=O)O[C@H](CC)[C@@](C)(O)[C@H](O)[C@@H](C)C(=O)[C@H](C)C[C@@]2(C)O)O[C@@H](C)C[C@H]1N(C)C. The van der Waals surface area contributed by atoms with Gasteiger partial charge in [-0.05, 0) is 74.9 Å². The molecular weight excluding hydrogens is 718 g/mol. The summed E-state index contributed by atoms with van der Waals surface area (Å²) in [4.78, 5) is 42.9. The van der Waals surface area contributed by atoms with Crippen LogP contribution < -0.4 is 0 Å². The molecule has 0 aromatic heterocycles. The van der Waals surface area contributed by atoms with E-state index in [1.807, 2.05) is 25.9 Å². The largest absolute Gasteiger partial charge is 0.459 e. The molecular formula is C40H71NO14. The predicted octanol–water partition coefficient (Wildman–Crippen LogP) is 2.75. The highest BCUT2D eigenvalue weighted by atomic mass is 16.7. The number of carbonyl (C=O) groups is 3. The van der Waals surface area contributed by atoms with Gasteiger partial charge in [-0.3, -0.25) is 14.4 Å². The van der Waals surface area contributed by atoms with E-state index in [9.17, 15) is 34.8 Å². The molecule has 3 aliphatic rings. The van der Waals surface area contributed by atoms with E-state index in [0.29, 0.717) is 6.42 Å². The van der Waals surface area contributed by atoms with Crippen molar-refractivity contribution in [1.82, 2.24) is 4.90 Å². The number of ketones is 1. The summed E-state index contributed by atoms with van der Waals surface area (Å²) in [6.45, 7) is 18.0. The molecule has 0 bridgehead atoms. The van der Waals surface area contributed by atoms with Gasteiger partial charge in [-0.2, -0.15) is 0 Å². The maximum Gasteiger partial charge on any atom is 0.311 e. The zero-order valence-corrected chi connectivity index (χ0v) is 35.5. The van der Waals surface area contributed by atoms with E-state index in [1.54, 1.807) is 48.5 Å². The third-order valence-electron chi connectivity index (χ3n) is 12.4. The third kappa shape index (κ3) is 10.6. The summed E-state index contributed by atoms with van der Waals surface area (Å²) in [6.07, 6.45) is -9.68. The van der Waals surface area contributed by atoms with Crippen molar-refractivity contribution in [3.63, 3.8) is 0 Å². The molecule has 4 N–H and O–H groups in total. The first-order valence-corrected chi connectivity index (χ1v) is 19.9. The Hall–Kier alpha value is -1.79. The summed E-state index contributed by atoms with van der Waals surface area (Å²) in [5.41, 5.74) is -4.92. The van der Waals surface area contributed by atoms with Crippen LogP contribution in [-0.4, -0.2) is 149 Å². The minimum Gasteiger partial charge on any atom is -0.459 e. The molecule has 0 unspecified atom stereocenters. The highest BCUT2D eigenvalue weighted by molar-refractivity contribution is 5.83. The molecule has 3 saturated heterocycles. The Morgan fingerprint density at radius 1 is 0.891 bits per heavy atom. The number of nitrogens with zero attached hydrogens (tertiary/aromatic N) is 1. The lowest BCUT2D eigenvalue weighted by Crippen LogP contribution is -2.61. The van der Waals surface area contributed by atoms with Gasteiger partial charge >= 0.3 is 11.9 Å². The molecule has 3 aliphatic heterocycles. The maximum atomic E-state index is 14.2. The summed E-state index contributed by atoms with van der Waals surface area (Å²) in [7, 11) is 5.21. The number of Topliss-reactive ketones (excluding diaryl/α,β-unsaturated/α-hetero) is 1.